The van der Waals surface area contributed by atoms with Gasteiger partial charge in [-0.05, 0) is 6.07 Å². The van der Waals surface area contributed by atoms with Crippen molar-refractivity contribution in [2.45, 2.75) is 48.8 Å². The van der Waals surface area contributed by atoms with E-state index in [-0.39, 0.29) is 5.82 Å². The van der Waals surface area contributed by atoms with Crippen LogP contribution in [0.15, 0.2) is 18.2 Å². The van der Waals surface area contributed by atoms with Crippen molar-refractivity contribution in [2.24, 2.45) is 0 Å². The number of aromatic nitrogens is 2. The van der Waals surface area contributed by atoms with Crippen LogP contribution in [0, 0.1) is 0 Å². The summed E-state index contributed by atoms with van der Waals surface area (Å²) in [6.45, 7) is -0.873. The van der Waals surface area contributed by atoms with E-state index < -0.39 is 62.0 Å². The Morgan fingerprint density at radius 1 is 0.852 bits per heavy atom. The molecule has 0 saturated carbocycles. The molecule has 3 heterocycles. The Morgan fingerprint density at radius 2 is 1.44 bits per heavy atom. The first kappa shape index (κ1) is 18.7. The van der Waals surface area contributed by atoms with Gasteiger partial charge in [0.05, 0.1) is 24.2 Å². The van der Waals surface area contributed by atoms with Crippen LogP contribution in [0.2, 0.25) is 0 Å². The summed E-state index contributed by atoms with van der Waals surface area (Å²) in [6, 6.07) is 5.13. The second kappa shape index (κ2) is 7.08. The average Bonchev–Trinajstić information content (AvgIpc) is 3.31. The van der Waals surface area contributed by atoms with Crippen LogP contribution >= 0.6 is 0 Å². The molecule has 10 heteroatoms. The molecule has 2 aliphatic rings. The van der Waals surface area contributed by atoms with Gasteiger partial charge in [-0.3, -0.25) is 0 Å². The van der Waals surface area contributed by atoms with Crippen molar-refractivity contribution in [1.29, 1.82) is 0 Å². The number of hydrogen-bond acceptors (Lipinski definition) is 9. The fraction of sp³-hybridized carbons (Fsp3) is 0.588. The van der Waals surface area contributed by atoms with Gasteiger partial charge in [-0.15, -0.1) is 0 Å². The molecule has 2 unspecified atom stereocenters. The maximum atomic E-state index is 10.3. The number of aliphatic hydroxyl groups excluding tert-OH is 6. The summed E-state index contributed by atoms with van der Waals surface area (Å²) >= 11 is 0. The minimum atomic E-state index is -1.26. The number of rotatable bonds is 4. The van der Waals surface area contributed by atoms with Crippen molar-refractivity contribution in [1.82, 2.24) is 9.97 Å². The van der Waals surface area contributed by atoms with E-state index in [0.717, 1.165) is 0 Å². The van der Waals surface area contributed by atoms with Crippen LogP contribution in [0.4, 0.5) is 0 Å². The van der Waals surface area contributed by atoms with Crippen LogP contribution < -0.4 is 0 Å². The first-order valence-corrected chi connectivity index (χ1v) is 8.69. The Morgan fingerprint density at radius 3 is 2.04 bits per heavy atom. The minimum absolute atomic E-state index is 0.256. The molecule has 0 amide bonds. The monoisotopic (exact) mass is 382 g/mol. The fourth-order valence-electron chi connectivity index (χ4n) is 3.72. The van der Waals surface area contributed by atoms with E-state index in [1.165, 1.54) is 0 Å². The lowest BCUT2D eigenvalue weighted by molar-refractivity contribution is -0.0250. The summed E-state index contributed by atoms with van der Waals surface area (Å²) in [5.74, 6) is 0.256. The Hall–Kier alpha value is -1.63. The Balaban J connectivity index is 1.69. The highest BCUT2D eigenvalue weighted by atomic mass is 16.6. The molecular formula is C17H22N2O8. The molecule has 7 N–H and O–H groups in total. The maximum Gasteiger partial charge on any atom is 0.144 e. The van der Waals surface area contributed by atoms with Crippen molar-refractivity contribution in [3.05, 3.63) is 29.6 Å². The van der Waals surface area contributed by atoms with Crippen molar-refractivity contribution in [3.8, 4) is 0 Å². The first-order valence-electron chi connectivity index (χ1n) is 8.69. The number of ether oxygens (including phenoxy) is 2. The van der Waals surface area contributed by atoms with E-state index in [2.05, 4.69) is 9.97 Å². The van der Waals surface area contributed by atoms with Crippen molar-refractivity contribution < 1.29 is 40.1 Å². The molecule has 2 saturated heterocycles. The number of imidazole rings is 1. The number of aliphatic hydroxyl groups is 6. The third-order valence-corrected chi connectivity index (χ3v) is 5.22. The smallest absolute Gasteiger partial charge is 0.144 e. The molecule has 1 aromatic heterocycles. The zero-order chi connectivity index (χ0) is 19.3. The lowest BCUT2D eigenvalue weighted by Gasteiger charge is -2.15. The molecule has 2 aliphatic heterocycles. The topological polar surface area (TPSA) is 169 Å². The molecule has 2 aromatic rings. The van der Waals surface area contributed by atoms with Gasteiger partial charge in [-0.1, -0.05) is 12.1 Å². The van der Waals surface area contributed by atoms with Crippen molar-refractivity contribution in [3.63, 3.8) is 0 Å². The van der Waals surface area contributed by atoms with Crippen LogP contribution in [0.25, 0.3) is 11.0 Å². The summed E-state index contributed by atoms with van der Waals surface area (Å²) in [6.07, 6.45) is -8.63. The number of nitrogens with one attached hydrogen (secondary N) is 1. The second-order valence-electron chi connectivity index (χ2n) is 6.88. The molecule has 27 heavy (non-hydrogen) atoms. The fourth-order valence-corrected chi connectivity index (χ4v) is 3.72. The van der Waals surface area contributed by atoms with Gasteiger partial charge in [-0.2, -0.15) is 0 Å². The molecular weight excluding hydrogens is 360 g/mol. The highest BCUT2D eigenvalue weighted by molar-refractivity contribution is 5.79. The van der Waals surface area contributed by atoms with Gasteiger partial charge in [0.2, 0.25) is 0 Å². The van der Waals surface area contributed by atoms with E-state index in [1.807, 2.05) is 0 Å². The Kier molecular flexibility index (Phi) is 4.91. The van der Waals surface area contributed by atoms with E-state index >= 15 is 0 Å². The molecule has 1 aromatic carbocycles. The summed E-state index contributed by atoms with van der Waals surface area (Å²) in [5.41, 5.74) is 1.53. The van der Waals surface area contributed by atoms with Gasteiger partial charge < -0.3 is 45.1 Å². The summed E-state index contributed by atoms with van der Waals surface area (Å²) in [5, 5.41) is 58.9. The molecule has 0 aliphatic carbocycles. The first-order chi connectivity index (χ1) is 13.0. The van der Waals surface area contributed by atoms with Gasteiger partial charge in [0.15, 0.2) is 0 Å². The third kappa shape index (κ3) is 2.94. The summed E-state index contributed by atoms with van der Waals surface area (Å²) < 4.78 is 11.1. The van der Waals surface area contributed by atoms with Crippen LogP contribution in [-0.4, -0.2) is 90.4 Å². The third-order valence-electron chi connectivity index (χ3n) is 5.22. The Labute approximate surface area is 153 Å². The standard InChI is InChI=1S/C17H22N2O8/c20-4-8-11(22)13(24)15(26-8)6-2-1-3-7-10(6)19-17(18-7)16-14(25)12(23)9(5-21)27-16/h1-3,8-9,11-16,20-25H,4-5H2,(H,18,19)/t8-,9-,11-,12-,13-,14-,15?,16?/m1/s1. The number of aromatic amines is 1. The summed E-state index contributed by atoms with van der Waals surface area (Å²) in [4.78, 5) is 7.44. The van der Waals surface area contributed by atoms with Gasteiger partial charge >= 0.3 is 0 Å². The van der Waals surface area contributed by atoms with Crippen molar-refractivity contribution >= 4 is 11.0 Å². The van der Waals surface area contributed by atoms with Gasteiger partial charge in [0.1, 0.15) is 54.7 Å². The van der Waals surface area contributed by atoms with E-state index in [0.29, 0.717) is 16.6 Å². The zero-order valence-electron chi connectivity index (χ0n) is 14.2. The minimum Gasteiger partial charge on any atom is -0.394 e. The lowest BCUT2D eigenvalue weighted by atomic mass is 10.0. The van der Waals surface area contributed by atoms with Crippen LogP contribution in [0.1, 0.15) is 23.6 Å². The number of nitrogens with zero attached hydrogens (tertiary/aromatic N) is 1. The van der Waals surface area contributed by atoms with Crippen LogP contribution in [-0.2, 0) is 9.47 Å². The zero-order valence-corrected chi connectivity index (χ0v) is 14.2. The lowest BCUT2D eigenvalue weighted by Crippen LogP contribution is -2.32. The Bertz CT molecular complexity index is 813. The average molecular weight is 382 g/mol. The quantitative estimate of drug-likeness (QED) is 0.312. The number of H-pyrrole nitrogens is 1. The highest BCUT2D eigenvalue weighted by Crippen LogP contribution is 2.38. The van der Waals surface area contributed by atoms with E-state index in [4.69, 9.17) is 9.47 Å². The SMILES string of the molecule is OC[C@H]1OC(c2nc3c(C4O[C@H](CO)[C@@H](O)[C@H]4O)cccc3[nH]2)[C@H](O)[C@@H]1O. The predicted molar refractivity (Wildman–Crippen MR) is 89.5 cm³/mol. The second-order valence-corrected chi connectivity index (χ2v) is 6.88. The van der Waals surface area contributed by atoms with Gasteiger partial charge in [0.25, 0.3) is 0 Å². The number of para-hydroxylation sites is 1. The van der Waals surface area contributed by atoms with Crippen LogP contribution in [0.3, 0.4) is 0 Å². The highest BCUT2D eigenvalue weighted by Gasteiger charge is 2.46. The molecule has 2 fully saturated rings. The largest absolute Gasteiger partial charge is 0.394 e. The molecule has 4 rings (SSSR count). The van der Waals surface area contributed by atoms with E-state index in [1.54, 1.807) is 18.2 Å². The molecule has 10 nitrogen and oxygen atoms in total. The molecule has 148 valence electrons. The number of benzene rings is 1. The van der Waals surface area contributed by atoms with Gasteiger partial charge in [0, 0.05) is 5.56 Å². The molecule has 0 spiro atoms. The number of fused-ring (bicyclic) bond motifs is 1. The number of hydrogen-bond donors (Lipinski definition) is 7. The van der Waals surface area contributed by atoms with E-state index in [9.17, 15) is 30.6 Å². The predicted octanol–water partition coefficient (Wildman–Crippen LogP) is -2.13. The molecule has 0 bridgehead atoms. The molecule has 8 atom stereocenters. The molecule has 0 radical (unpaired) electrons. The van der Waals surface area contributed by atoms with Crippen molar-refractivity contribution in [2.75, 3.05) is 13.2 Å². The maximum absolute atomic E-state index is 10.3. The normalized spacial score (nSPS) is 39.5. The summed E-state index contributed by atoms with van der Waals surface area (Å²) in [7, 11) is 0. The van der Waals surface area contributed by atoms with Crippen LogP contribution in [0.5, 0.6) is 0 Å². The van der Waals surface area contributed by atoms with Gasteiger partial charge in [-0.25, -0.2) is 4.98 Å².